The summed E-state index contributed by atoms with van der Waals surface area (Å²) < 4.78 is 5.26. The first-order valence-electron chi connectivity index (χ1n) is 8.77. The van der Waals surface area contributed by atoms with E-state index in [0.29, 0.717) is 24.6 Å². The third kappa shape index (κ3) is 4.53. The van der Waals surface area contributed by atoms with Crippen LogP contribution in [0.2, 0.25) is 0 Å². The summed E-state index contributed by atoms with van der Waals surface area (Å²) in [6.45, 7) is 4.04. The van der Waals surface area contributed by atoms with Crippen LogP contribution in [0.25, 0.3) is 11.4 Å². The molecule has 1 N–H and O–H groups in total. The molecule has 0 fully saturated rings. The summed E-state index contributed by atoms with van der Waals surface area (Å²) in [4.78, 5) is 20.6. The number of carbonyl (C=O) groups excluding carboxylic acids is 1. The lowest BCUT2D eigenvalue weighted by molar-refractivity contribution is -0.121. The number of amides is 1. The van der Waals surface area contributed by atoms with Crippen molar-refractivity contribution in [2.24, 2.45) is 0 Å². The molecule has 26 heavy (non-hydrogen) atoms. The molecule has 0 saturated carbocycles. The maximum Gasteiger partial charge on any atom is 0.227 e. The number of hydrogen-bond donors (Lipinski definition) is 1. The molecule has 1 amide bonds. The van der Waals surface area contributed by atoms with Gasteiger partial charge in [0.25, 0.3) is 0 Å². The first-order valence-corrected chi connectivity index (χ1v) is 8.77. The Morgan fingerprint density at radius 1 is 1.23 bits per heavy atom. The van der Waals surface area contributed by atoms with Crippen LogP contribution in [0.1, 0.15) is 43.3 Å². The van der Waals surface area contributed by atoms with Crippen molar-refractivity contribution in [1.29, 1.82) is 0 Å². The first-order chi connectivity index (χ1) is 12.7. The molecule has 1 aromatic carbocycles. The van der Waals surface area contributed by atoms with Crippen LogP contribution in [0.5, 0.6) is 0 Å². The maximum absolute atomic E-state index is 12.1. The minimum atomic E-state index is -0.0912. The fourth-order valence-corrected chi connectivity index (χ4v) is 2.61. The van der Waals surface area contributed by atoms with Gasteiger partial charge < -0.3 is 9.84 Å². The summed E-state index contributed by atoms with van der Waals surface area (Å²) in [5, 5.41) is 6.95. The molecule has 2 heterocycles. The molecule has 0 bridgehead atoms. The summed E-state index contributed by atoms with van der Waals surface area (Å²) in [5.74, 6) is 0.948. The van der Waals surface area contributed by atoms with Crippen molar-refractivity contribution in [1.82, 2.24) is 20.4 Å². The molecular weight excluding hydrogens is 328 g/mol. The second-order valence-electron chi connectivity index (χ2n) is 6.14. The number of benzene rings is 1. The second kappa shape index (κ2) is 8.38. The highest BCUT2D eigenvalue weighted by Gasteiger charge is 2.13. The van der Waals surface area contributed by atoms with Gasteiger partial charge in [-0.2, -0.15) is 4.98 Å². The quantitative estimate of drug-likeness (QED) is 0.705. The van der Waals surface area contributed by atoms with Gasteiger partial charge in [0.1, 0.15) is 0 Å². The number of nitrogens with one attached hydrogen (secondary N) is 1. The van der Waals surface area contributed by atoms with E-state index < -0.39 is 0 Å². The van der Waals surface area contributed by atoms with Crippen molar-refractivity contribution in [3.8, 4) is 11.4 Å². The molecule has 0 spiro atoms. The molecule has 6 nitrogen and oxygen atoms in total. The fraction of sp³-hybridized carbons (Fsp3) is 0.300. The van der Waals surface area contributed by atoms with Crippen LogP contribution in [0, 0.1) is 0 Å². The largest absolute Gasteiger partial charge is 0.350 e. The van der Waals surface area contributed by atoms with Crippen molar-refractivity contribution in [3.05, 3.63) is 65.8 Å². The van der Waals surface area contributed by atoms with Crippen molar-refractivity contribution in [2.45, 2.75) is 39.2 Å². The van der Waals surface area contributed by atoms with Crippen molar-refractivity contribution >= 4 is 5.91 Å². The molecule has 6 heteroatoms. The van der Waals surface area contributed by atoms with E-state index in [1.54, 1.807) is 12.4 Å². The highest BCUT2D eigenvalue weighted by Crippen LogP contribution is 2.17. The van der Waals surface area contributed by atoms with Crippen LogP contribution in [0.3, 0.4) is 0 Å². The molecule has 0 radical (unpaired) electrons. The number of pyridine rings is 1. The Morgan fingerprint density at radius 2 is 2.04 bits per heavy atom. The predicted molar refractivity (Wildman–Crippen MR) is 98.2 cm³/mol. The monoisotopic (exact) mass is 350 g/mol. The first kappa shape index (κ1) is 17.8. The minimum absolute atomic E-state index is 0.0617. The lowest BCUT2D eigenvalue weighted by Crippen LogP contribution is -2.26. The van der Waals surface area contributed by atoms with Gasteiger partial charge in [-0.05, 0) is 30.5 Å². The highest BCUT2D eigenvalue weighted by atomic mass is 16.5. The Balaban J connectivity index is 1.53. The fourth-order valence-electron chi connectivity index (χ4n) is 2.61. The van der Waals surface area contributed by atoms with Gasteiger partial charge in [-0.1, -0.05) is 42.4 Å². The molecule has 1 atom stereocenters. The van der Waals surface area contributed by atoms with Crippen molar-refractivity contribution in [3.63, 3.8) is 0 Å². The highest BCUT2D eigenvalue weighted by molar-refractivity contribution is 5.76. The summed E-state index contributed by atoms with van der Waals surface area (Å²) in [6, 6.07) is 11.8. The van der Waals surface area contributed by atoms with Gasteiger partial charge in [0.15, 0.2) is 0 Å². The average molecular weight is 350 g/mol. The van der Waals surface area contributed by atoms with Gasteiger partial charge in [-0.25, -0.2) is 0 Å². The predicted octanol–water partition coefficient (Wildman–Crippen LogP) is 3.50. The van der Waals surface area contributed by atoms with Gasteiger partial charge in [-0.15, -0.1) is 0 Å². The normalized spacial score (nSPS) is 11.9. The lowest BCUT2D eigenvalue weighted by atomic mass is 10.1. The molecule has 3 rings (SSSR count). The second-order valence-corrected chi connectivity index (χ2v) is 6.14. The zero-order valence-corrected chi connectivity index (χ0v) is 15.0. The molecule has 0 aliphatic rings. The van der Waals surface area contributed by atoms with Crippen molar-refractivity contribution < 1.29 is 9.32 Å². The lowest BCUT2D eigenvalue weighted by Gasteiger charge is -2.13. The Morgan fingerprint density at radius 3 is 2.73 bits per heavy atom. The van der Waals surface area contributed by atoms with E-state index in [-0.39, 0.29) is 11.9 Å². The number of aryl methyl sites for hydroxylation is 2. The molecule has 0 saturated heterocycles. The Kier molecular flexibility index (Phi) is 5.73. The van der Waals surface area contributed by atoms with E-state index in [1.165, 1.54) is 5.56 Å². The minimum Gasteiger partial charge on any atom is -0.350 e. The smallest absolute Gasteiger partial charge is 0.227 e. The van der Waals surface area contributed by atoms with E-state index in [4.69, 9.17) is 4.52 Å². The van der Waals surface area contributed by atoms with Gasteiger partial charge in [0, 0.05) is 30.8 Å². The number of rotatable bonds is 7. The van der Waals surface area contributed by atoms with E-state index in [1.807, 2.05) is 31.2 Å². The Hall–Kier alpha value is -3.02. The number of nitrogens with zero attached hydrogens (tertiary/aromatic N) is 3. The molecule has 2 aromatic heterocycles. The maximum atomic E-state index is 12.1. The van der Waals surface area contributed by atoms with Crippen LogP contribution in [0.15, 0.2) is 53.3 Å². The van der Waals surface area contributed by atoms with Gasteiger partial charge in [0.2, 0.25) is 17.6 Å². The Bertz CT molecular complexity index is 844. The molecule has 1 unspecified atom stereocenters. The summed E-state index contributed by atoms with van der Waals surface area (Å²) in [5.41, 5.74) is 3.14. The van der Waals surface area contributed by atoms with E-state index >= 15 is 0 Å². The Labute approximate surface area is 152 Å². The van der Waals surface area contributed by atoms with Gasteiger partial charge >= 0.3 is 0 Å². The molecular formula is C20H22N4O2. The number of aromatic nitrogens is 3. The van der Waals surface area contributed by atoms with E-state index in [9.17, 15) is 4.79 Å². The van der Waals surface area contributed by atoms with Gasteiger partial charge in [-0.3, -0.25) is 9.78 Å². The third-order valence-corrected chi connectivity index (χ3v) is 4.22. The van der Waals surface area contributed by atoms with E-state index in [0.717, 1.165) is 17.5 Å². The summed E-state index contributed by atoms with van der Waals surface area (Å²) >= 11 is 0. The van der Waals surface area contributed by atoms with Crippen LogP contribution in [0.4, 0.5) is 0 Å². The topological polar surface area (TPSA) is 80.9 Å². The SMILES string of the molecule is CCc1ccc(-c2noc(CCC(=O)NC(C)c3cccnc3)n2)cc1. The van der Waals surface area contributed by atoms with E-state index in [2.05, 4.69) is 39.5 Å². The van der Waals surface area contributed by atoms with Crippen LogP contribution >= 0.6 is 0 Å². The molecule has 134 valence electrons. The zero-order valence-electron chi connectivity index (χ0n) is 15.0. The van der Waals surface area contributed by atoms with Crippen LogP contribution in [-0.4, -0.2) is 21.0 Å². The standard InChI is InChI=1S/C20H22N4O2/c1-3-15-6-8-16(9-7-15)20-23-19(26-24-20)11-10-18(25)22-14(2)17-5-4-12-21-13-17/h4-9,12-14H,3,10-11H2,1-2H3,(H,22,25). The van der Waals surface area contributed by atoms with Crippen molar-refractivity contribution in [2.75, 3.05) is 0 Å². The average Bonchev–Trinajstić information content (AvgIpc) is 3.16. The number of hydrogen-bond acceptors (Lipinski definition) is 5. The molecule has 0 aliphatic heterocycles. The van der Waals surface area contributed by atoms with Gasteiger partial charge in [0.05, 0.1) is 6.04 Å². The van der Waals surface area contributed by atoms with Crippen LogP contribution < -0.4 is 5.32 Å². The molecule has 3 aromatic rings. The number of carbonyl (C=O) groups is 1. The van der Waals surface area contributed by atoms with Crippen LogP contribution in [-0.2, 0) is 17.6 Å². The summed E-state index contributed by atoms with van der Waals surface area (Å²) in [7, 11) is 0. The summed E-state index contributed by atoms with van der Waals surface area (Å²) in [6.07, 6.45) is 5.15. The molecule has 0 aliphatic carbocycles. The zero-order chi connectivity index (χ0) is 18.4. The third-order valence-electron chi connectivity index (χ3n) is 4.22.